The first-order valence-corrected chi connectivity index (χ1v) is 9.76. The Morgan fingerprint density at radius 2 is 0.852 bits per heavy atom. The minimum Gasteiger partial charge on any atom is -0.376 e. The maximum absolute atomic E-state index is 12.3. The first kappa shape index (κ1) is 16.5. The van der Waals surface area contributed by atoms with Crippen molar-refractivity contribution in [2.24, 2.45) is 0 Å². The van der Waals surface area contributed by atoms with Crippen LogP contribution in [0.1, 0.15) is 16.7 Å². The van der Waals surface area contributed by atoms with E-state index in [-0.39, 0.29) is 0 Å². The molecule has 1 aliphatic rings. The third-order valence-electron chi connectivity index (χ3n) is 5.40. The molecule has 4 aromatic carbocycles. The van der Waals surface area contributed by atoms with Gasteiger partial charge in [-0.1, -0.05) is 107 Å². The molecule has 0 radical (unpaired) electrons. The Hall–Kier alpha value is -2.68. The molecule has 0 unspecified atom stereocenters. The monoisotopic (exact) mass is 412 g/mol. The van der Waals surface area contributed by atoms with Crippen molar-refractivity contribution in [1.82, 2.24) is 0 Å². The van der Waals surface area contributed by atoms with Gasteiger partial charge in [0.2, 0.25) is 0 Å². The van der Waals surface area contributed by atoms with Gasteiger partial charge in [0, 0.05) is 21.2 Å². The largest absolute Gasteiger partial charge is 0.376 e. The van der Waals surface area contributed by atoms with E-state index in [9.17, 15) is 5.11 Å². The van der Waals surface area contributed by atoms with Crippen molar-refractivity contribution in [1.29, 1.82) is 0 Å². The fourth-order valence-corrected chi connectivity index (χ4v) is 4.78. The van der Waals surface area contributed by atoms with Crippen LogP contribution in [0.4, 0.5) is 0 Å². The van der Waals surface area contributed by atoms with E-state index in [1.807, 2.05) is 60.7 Å². The molecule has 0 heterocycles. The third-order valence-corrected chi connectivity index (χ3v) is 6.10. The van der Waals surface area contributed by atoms with Crippen molar-refractivity contribution in [3.63, 3.8) is 0 Å². The fraction of sp³-hybridized carbons (Fsp3) is 0.0400. The molecule has 4 aromatic rings. The van der Waals surface area contributed by atoms with Crippen LogP contribution >= 0.6 is 15.9 Å². The van der Waals surface area contributed by atoms with Crippen molar-refractivity contribution in [2.75, 3.05) is 0 Å². The highest BCUT2D eigenvalue weighted by Crippen LogP contribution is 2.51. The highest BCUT2D eigenvalue weighted by atomic mass is 79.9. The second-order valence-corrected chi connectivity index (χ2v) is 7.68. The van der Waals surface area contributed by atoms with Gasteiger partial charge in [0.15, 0.2) is 0 Å². The molecule has 0 bridgehead atoms. The highest BCUT2D eigenvalue weighted by Gasteiger charge is 2.41. The quantitative estimate of drug-likeness (QED) is 0.384. The summed E-state index contributed by atoms with van der Waals surface area (Å²) in [7, 11) is 0. The second kappa shape index (κ2) is 6.19. The Morgan fingerprint density at radius 1 is 0.481 bits per heavy atom. The maximum atomic E-state index is 12.3. The van der Waals surface area contributed by atoms with Gasteiger partial charge in [-0.25, -0.2) is 0 Å². The van der Waals surface area contributed by atoms with Crippen LogP contribution in [0.3, 0.4) is 0 Å². The summed E-state index contributed by atoms with van der Waals surface area (Å²) in [5, 5.41) is 12.3. The second-order valence-electron chi connectivity index (χ2n) is 6.83. The highest BCUT2D eigenvalue weighted by molar-refractivity contribution is 9.10. The summed E-state index contributed by atoms with van der Waals surface area (Å²) in [6, 6.07) is 32.6. The van der Waals surface area contributed by atoms with Crippen LogP contribution < -0.4 is 0 Å². The van der Waals surface area contributed by atoms with Crippen molar-refractivity contribution in [2.45, 2.75) is 5.60 Å². The van der Waals surface area contributed by atoms with E-state index in [1.165, 1.54) is 0 Å². The molecule has 0 amide bonds. The number of aliphatic hydroxyl groups is 1. The molecule has 27 heavy (non-hydrogen) atoms. The van der Waals surface area contributed by atoms with Crippen LogP contribution in [0.25, 0.3) is 22.3 Å². The Morgan fingerprint density at radius 3 is 1.33 bits per heavy atom. The zero-order valence-electron chi connectivity index (χ0n) is 14.6. The van der Waals surface area contributed by atoms with Gasteiger partial charge in [0.05, 0.1) is 0 Å². The van der Waals surface area contributed by atoms with Crippen LogP contribution in [-0.4, -0.2) is 5.11 Å². The summed E-state index contributed by atoms with van der Waals surface area (Å²) < 4.78 is 0.892. The van der Waals surface area contributed by atoms with E-state index in [2.05, 4.69) is 52.3 Å². The summed E-state index contributed by atoms with van der Waals surface area (Å²) in [4.78, 5) is 0. The van der Waals surface area contributed by atoms with Crippen molar-refractivity contribution in [3.05, 3.63) is 118 Å². The third kappa shape index (κ3) is 2.34. The molecule has 5 rings (SSSR count). The average Bonchev–Trinajstić information content (AvgIpc) is 2.82. The summed E-state index contributed by atoms with van der Waals surface area (Å²) in [5.74, 6) is 0. The summed E-state index contributed by atoms with van der Waals surface area (Å²) in [5.41, 5.74) is 5.78. The first-order chi connectivity index (χ1) is 13.2. The van der Waals surface area contributed by atoms with Crippen LogP contribution in [-0.2, 0) is 5.60 Å². The first-order valence-electron chi connectivity index (χ1n) is 8.97. The predicted octanol–water partition coefficient (Wildman–Crippen LogP) is 6.38. The van der Waals surface area contributed by atoms with Gasteiger partial charge in [-0.15, -0.1) is 0 Å². The summed E-state index contributed by atoms with van der Waals surface area (Å²) in [6.45, 7) is 0. The molecule has 0 fully saturated rings. The molecule has 0 aliphatic heterocycles. The van der Waals surface area contributed by atoms with Gasteiger partial charge < -0.3 is 5.11 Å². The van der Waals surface area contributed by atoms with Gasteiger partial charge in [0.1, 0.15) is 5.60 Å². The Bertz CT molecular complexity index is 1100. The molecule has 130 valence electrons. The minimum atomic E-state index is -1.26. The lowest BCUT2D eigenvalue weighted by Gasteiger charge is -2.32. The van der Waals surface area contributed by atoms with E-state index < -0.39 is 5.60 Å². The van der Waals surface area contributed by atoms with Gasteiger partial charge >= 0.3 is 0 Å². The zero-order valence-corrected chi connectivity index (χ0v) is 16.1. The lowest BCUT2D eigenvalue weighted by molar-refractivity contribution is 0.126. The van der Waals surface area contributed by atoms with E-state index in [0.717, 1.165) is 43.4 Å². The standard InChI is InChI=1S/C25H17BrO/c26-24-16-8-7-15-23(24)25(27)21-13-5-3-11-19(21)17-9-1-2-10-18(17)20-12-4-6-14-22(20)25/h1-16,27H. The number of rotatable bonds is 1. The molecule has 0 atom stereocenters. The smallest absolute Gasteiger partial charge is 0.142 e. The molecular formula is C25H17BrO. The fourth-order valence-electron chi connectivity index (χ4n) is 4.21. The lowest BCUT2D eigenvalue weighted by atomic mass is 9.78. The molecular weight excluding hydrogens is 396 g/mol. The van der Waals surface area contributed by atoms with Gasteiger partial charge in [-0.05, 0) is 28.3 Å². The van der Waals surface area contributed by atoms with Crippen molar-refractivity contribution >= 4 is 15.9 Å². The molecule has 0 aromatic heterocycles. The van der Waals surface area contributed by atoms with Crippen molar-refractivity contribution < 1.29 is 5.11 Å². The van der Waals surface area contributed by atoms with E-state index >= 15 is 0 Å². The number of hydrogen-bond acceptors (Lipinski definition) is 1. The zero-order chi connectivity index (χ0) is 18.4. The topological polar surface area (TPSA) is 20.2 Å². The van der Waals surface area contributed by atoms with Crippen molar-refractivity contribution in [3.8, 4) is 22.3 Å². The lowest BCUT2D eigenvalue weighted by Crippen LogP contribution is -2.30. The Kier molecular flexibility index (Phi) is 3.78. The molecule has 0 saturated heterocycles. The molecule has 1 aliphatic carbocycles. The number of benzene rings is 4. The normalized spacial score (nSPS) is 13.9. The van der Waals surface area contributed by atoms with Crippen LogP contribution in [0, 0.1) is 0 Å². The predicted molar refractivity (Wildman–Crippen MR) is 114 cm³/mol. The molecule has 0 saturated carbocycles. The van der Waals surface area contributed by atoms with Gasteiger partial charge in [0.25, 0.3) is 0 Å². The SMILES string of the molecule is OC1(c2ccccc2Br)c2ccccc2-c2ccccc2-c2ccccc21. The minimum absolute atomic E-state index is 0.845. The molecule has 1 N–H and O–H groups in total. The van der Waals surface area contributed by atoms with Gasteiger partial charge in [-0.3, -0.25) is 0 Å². The maximum Gasteiger partial charge on any atom is 0.142 e. The van der Waals surface area contributed by atoms with Crippen LogP contribution in [0.15, 0.2) is 102 Å². The van der Waals surface area contributed by atoms with Gasteiger partial charge in [-0.2, -0.15) is 0 Å². The number of fused-ring (bicyclic) bond motifs is 5. The Balaban J connectivity index is 2.00. The van der Waals surface area contributed by atoms with Crippen LogP contribution in [0.5, 0.6) is 0 Å². The summed E-state index contributed by atoms with van der Waals surface area (Å²) >= 11 is 3.67. The average molecular weight is 413 g/mol. The van der Waals surface area contributed by atoms with E-state index in [4.69, 9.17) is 0 Å². The number of halogens is 1. The molecule has 2 heteroatoms. The molecule has 1 nitrogen and oxygen atoms in total. The van der Waals surface area contributed by atoms with E-state index in [0.29, 0.717) is 0 Å². The summed E-state index contributed by atoms with van der Waals surface area (Å²) in [6.07, 6.45) is 0. The van der Waals surface area contributed by atoms with E-state index in [1.54, 1.807) is 0 Å². The molecule has 0 spiro atoms. The number of hydrogen-bond donors (Lipinski definition) is 1. The Labute approximate surface area is 167 Å². The van der Waals surface area contributed by atoms with Crippen LogP contribution in [0.2, 0.25) is 0 Å².